The number of pyridine rings is 2. The molecule has 24 heavy (non-hydrogen) atoms. The number of hydrogen-bond donors (Lipinski definition) is 2. The molecule has 0 spiro atoms. The molecule has 0 saturated heterocycles. The fourth-order valence-electron chi connectivity index (χ4n) is 2.12. The van der Waals surface area contributed by atoms with Crippen molar-refractivity contribution in [1.82, 2.24) is 9.97 Å². The Hall–Kier alpha value is -2.73. The monoisotopic (exact) mass is 382 g/mol. The maximum atomic E-state index is 12.4. The Balaban J connectivity index is 1.67. The van der Waals surface area contributed by atoms with Gasteiger partial charge in [-0.2, -0.15) is 0 Å². The van der Waals surface area contributed by atoms with Crippen molar-refractivity contribution in [3.63, 3.8) is 0 Å². The number of nitrogens with zero attached hydrogens (tertiary/aromatic N) is 2. The van der Waals surface area contributed by atoms with E-state index in [1.807, 2.05) is 42.5 Å². The summed E-state index contributed by atoms with van der Waals surface area (Å²) in [5.41, 5.74) is 2.17. The number of anilines is 2. The first-order chi connectivity index (χ1) is 11.7. The highest BCUT2D eigenvalue weighted by Crippen LogP contribution is 2.17. The highest BCUT2D eigenvalue weighted by atomic mass is 79.9. The van der Waals surface area contributed by atoms with Crippen molar-refractivity contribution < 1.29 is 4.79 Å². The Labute approximate surface area is 148 Å². The minimum atomic E-state index is -0.184. The highest BCUT2D eigenvalue weighted by molar-refractivity contribution is 9.10. The largest absolute Gasteiger partial charge is 0.364 e. The van der Waals surface area contributed by atoms with Gasteiger partial charge < -0.3 is 10.6 Å². The van der Waals surface area contributed by atoms with E-state index in [-0.39, 0.29) is 5.91 Å². The summed E-state index contributed by atoms with van der Waals surface area (Å²) in [6, 6.07) is 16.6. The molecular weight excluding hydrogens is 368 g/mol. The smallest absolute Gasteiger partial charge is 0.255 e. The molecule has 3 aromatic rings. The van der Waals surface area contributed by atoms with Crippen molar-refractivity contribution in [3.05, 3.63) is 82.7 Å². The van der Waals surface area contributed by atoms with Crippen molar-refractivity contribution >= 4 is 33.3 Å². The van der Waals surface area contributed by atoms with Gasteiger partial charge in [-0.05, 0) is 42.5 Å². The second kappa shape index (κ2) is 7.70. The van der Waals surface area contributed by atoms with Gasteiger partial charge in [0.1, 0.15) is 5.82 Å². The number of aromatic nitrogens is 2. The normalized spacial score (nSPS) is 10.2. The zero-order chi connectivity index (χ0) is 16.8. The van der Waals surface area contributed by atoms with E-state index in [1.54, 1.807) is 24.5 Å². The number of benzene rings is 1. The molecule has 1 aromatic carbocycles. The molecular formula is C18H15BrN4O. The topological polar surface area (TPSA) is 66.9 Å². The Bertz CT molecular complexity index is 839. The first kappa shape index (κ1) is 16.1. The molecule has 0 aliphatic rings. The van der Waals surface area contributed by atoms with E-state index >= 15 is 0 Å². The third kappa shape index (κ3) is 4.39. The predicted molar refractivity (Wildman–Crippen MR) is 97.9 cm³/mol. The third-order valence-corrected chi connectivity index (χ3v) is 3.77. The van der Waals surface area contributed by atoms with Gasteiger partial charge in [-0.15, -0.1) is 0 Å². The van der Waals surface area contributed by atoms with E-state index in [0.29, 0.717) is 17.9 Å². The third-order valence-electron chi connectivity index (χ3n) is 3.28. The van der Waals surface area contributed by atoms with Crippen LogP contribution < -0.4 is 10.6 Å². The van der Waals surface area contributed by atoms with Crippen LogP contribution in [0, 0.1) is 0 Å². The van der Waals surface area contributed by atoms with Crippen molar-refractivity contribution in [2.45, 2.75) is 6.54 Å². The summed E-state index contributed by atoms with van der Waals surface area (Å²) < 4.78 is 0.910. The summed E-state index contributed by atoms with van der Waals surface area (Å²) >= 11 is 3.39. The van der Waals surface area contributed by atoms with Crippen molar-refractivity contribution in [1.29, 1.82) is 0 Å². The lowest BCUT2D eigenvalue weighted by Crippen LogP contribution is -2.13. The SMILES string of the molecule is O=C(Nc1cccc(Br)c1)c1ccnc(NCc2ccccn2)c1. The van der Waals surface area contributed by atoms with E-state index in [0.717, 1.165) is 15.9 Å². The molecule has 3 rings (SSSR count). The average molecular weight is 383 g/mol. The lowest BCUT2D eigenvalue weighted by atomic mass is 10.2. The average Bonchev–Trinajstić information content (AvgIpc) is 2.61. The van der Waals surface area contributed by atoms with Gasteiger partial charge in [0, 0.05) is 28.1 Å². The highest BCUT2D eigenvalue weighted by Gasteiger charge is 2.08. The number of carbonyl (C=O) groups excluding carboxylic acids is 1. The summed E-state index contributed by atoms with van der Waals surface area (Å²) in [7, 11) is 0. The molecule has 0 saturated carbocycles. The van der Waals surface area contributed by atoms with Crippen LogP contribution in [0.4, 0.5) is 11.5 Å². The molecule has 2 heterocycles. The van der Waals surface area contributed by atoms with Crippen molar-refractivity contribution in [3.8, 4) is 0 Å². The van der Waals surface area contributed by atoms with Gasteiger partial charge in [-0.3, -0.25) is 9.78 Å². The molecule has 1 amide bonds. The Morgan fingerprint density at radius 1 is 1.00 bits per heavy atom. The van der Waals surface area contributed by atoms with Crippen LogP contribution in [0.2, 0.25) is 0 Å². The molecule has 0 aliphatic carbocycles. The fraction of sp³-hybridized carbons (Fsp3) is 0.0556. The Morgan fingerprint density at radius 3 is 2.71 bits per heavy atom. The summed E-state index contributed by atoms with van der Waals surface area (Å²) in [5, 5.41) is 6.03. The van der Waals surface area contributed by atoms with Gasteiger partial charge in [0.2, 0.25) is 0 Å². The molecule has 6 heteroatoms. The second-order valence-electron chi connectivity index (χ2n) is 5.07. The fourth-order valence-corrected chi connectivity index (χ4v) is 2.52. The number of amides is 1. The van der Waals surface area contributed by atoms with Gasteiger partial charge >= 0.3 is 0 Å². The molecule has 0 atom stereocenters. The molecule has 0 radical (unpaired) electrons. The molecule has 0 fully saturated rings. The summed E-state index contributed by atoms with van der Waals surface area (Å²) in [5.74, 6) is 0.443. The van der Waals surface area contributed by atoms with Gasteiger partial charge in [-0.1, -0.05) is 28.1 Å². The molecule has 2 aromatic heterocycles. The number of rotatable bonds is 5. The molecule has 0 bridgehead atoms. The number of hydrogen-bond acceptors (Lipinski definition) is 4. The van der Waals surface area contributed by atoms with E-state index in [1.165, 1.54) is 0 Å². The maximum absolute atomic E-state index is 12.4. The van der Waals surface area contributed by atoms with Crippen molar-refractivity contribution in [2.24, 2.45) is 0 Å². The summed E-state index contributed by atoms with van der Waals surface area (Å²) in [6.45, 7) is 0.546. The summed E-state index contributed by atoms with van der Waals surface area (Å²) in [4.78, 5) is 20.8. The van der Waals surface area contributed by atoms with Gasteiger partial charge in [0.25, 0.3) is 5.91 Å². The zero-order valence-corrected chi connectivity index (χ0v) is 14.3. The molecule has 5 nitrogen and oxygen atoms in total. The molecule has 2 N–H and O–H groups in total. The quantitative estimate of drug-likeness (QED) is 0.696. The van der Waals surface area contributed by atoms with Gasteiger partial charge in [0.15, 0.2) is 0 Å². The summed E-state index contributed by atoms with van der Waals surface area (Å²) in [6.07, 6.45) is 3.35. The van der Waals surface area contributed by atoms with Crippen LogP contribution in [0.5, 0.6) is 0 Å². The van der Waals surface area contributed by atoms with Crippen LogP contribution in [0.15, 0.2) is 71.5 Å². The first-order valence-corrected chi connectivity index (χ1v) is 8.17. The first-order valence-electron chi connectivity index (χ1n) is 7.37. The number of nitrogens with one attached hydrogen (secondary N) is 2. The predicted octanol–water partition coefficient (Wildman–Crippen LogP) is 4.10. The van der Waals surface area contributed by atoms with Crippen molar-refractivity contribution in [2.75, 3.05) is 10.6 Å². The van der Waals surface area contributed by atoms with Gasteiger partial charge in [-0.25, -0.2) is 4.98 Å². The van der Waals surface area contributed by atoms with Crippen LogP contribution in [0.25, 0.3) is 0 Å². The van der Waals surface area contributed by atoms with E-state index in [4.69, 9.17) is 0 Å². The lowest BCUT2D eigenvalue weighted by molar-refractivity contribution is 0.102. The molecule has 120 valence electrons. The Kier molecular flexibility index (Phi) is 5.18. The minimum absolute atomic E-state index is 0.184. The molecule has 0 aliphatic heterocycles. The van der Waals surface area contributed by atoms with E-state index < -0.39 is 0 Å². The van der Waals surface area contributed by atoms with Crippen LogP contribution in [0.1, 0.15) is 16.1 Å². The standard InChI is InChI=1S/C18H15BrN4O/c19-14-4-3-6-15(11-14)23-18(24)13-7-9-21-17(10-13)22-12-16-5-1-2-8-20-16/h1-11H,12H2,(H,21,22)(H,23,24). The van der Waals surface area contributed by atoms with Gasteiger partial charge in [0.05, 0.1) is 12.2 Å². The van der Waals surface area contributed by atoms with Crippen LogP contribution in [0.3, 0.4) is 0 Å². The molecule has 0 unspecified atom stereocenters. The van der Waals surface area contributed by atoms with Crippen LogP contribution in [-0.4, -0.2) is 15.9 Å². The Morgan fingerprint density at radius 2 is 1.92 bits per heavy atom. The van der Waals surface area contributed by atoms with Crippen LogP contribution in [-0.2, 0) is 6.54 Å². The van der Waals surface area contributed by atoms with E-state index in [9.17, 15) is 4.79 Å². The second-order valence-corrected chi connectivity index (χ2v) is 5.98. The van der Waals surface area contributed by atoms with E-state index in [2.05, 4.69) is 36.5 Å². The number of halogens is 1. The maximum Gasteiger partial charge on any atom is 0.255 e. The minimum Gasteiger partial charge on any atom is -0.364 e. The lowest BCUT2D eigenvalue weighted by Gasteiger charge is -2.08. The zero-order valence-electron chi connectivity index (χ0n) is 12.7. The van der Waals surface area contributed by atoms with Crippen LogP contribution >= 0.6 is 15.9 Å². The number of carbonyl (C=O) groups is 1.